The molecule has 0 saturated carbocycles. The molecule has 5 heteroatoms. The van der Waals surface area contributed by atoms with Gasteiger partial charge >= 0.3 is 5.97 Å². The Bertz CT molecular complexity index is 283. The molecule has 0 saturated heterocycles. The molecule has 0 fully saturated rings. The van der Waals surface area contributed by atoms with Crippen molar-refractivity contribution in [2.24, 2.45) is 0 Å². The normalized spacial score (nSPS) is 15.3. The first-order valence-corrected chi connectivity index (χ1v) is 9.23. The van der Waals surface area contributed by atoms with Gasteiger partial charge in [-0.2, -0.15) is 0 Å². The average molecular weight is 332 g/mol. The standard InChI is InChI=1S/C18H36O5/c1-2-3-4-8-11-15(19)14-17(21)16(20)12-9-6-5-7-10-13-18(22)23/h15-17,19-21H,2-14H2,1H3,(H,22,23)/t15-,16+,17+/m0/s1. The van der Waals surface area contributed by atoms with Gasteiger partial charge in [0.1, 0.15) is 0 Å². The molecule has 0 aromatic heterocycles. The van der Waals surface area contributed by atoms with Crippen LogP contribution in [0.3, 0.4) is 0 Å². The average Bonchev–Trinajstić information content (AvgIpc) is 2.50. The second kappa shape index (κ2) is 14.9. The molecule has 0 aliphatic rings. The van der Waals surface area contributed by atoms with Crippen molar-refractivity contribution in [2.45, 2.75) is 109 Å². The number of carboxylic acid groups (broad SMARTS) is 1. The maximum atomic E-state index is 10.4. The summed E-state index contributed by atoms with van der Waals surface area (Å²) in [4.78, 5) is 10.4. The fourth-order valence-electron chi connectivity index (χ4n) is 2.71. The molecule has 138 valence electrons. The zero-order chi connectivity index (χ0) is 17.5. The molecular weight excluding hydrogens is 296 g/mol. The van der Waals surface area contributed by atoms with E-state index < -0.39 is 24.3 Å². The van der Waals surface area contributed by atoms with Crippen molar-refractivity contribution in [3.63, 3.8) is 0 Å². The van der Waals surface area contributed by atoms with Crippen LogP contribution >= 0.6 is 0 Å². The Kier molecular flexibility index (Phi) is 14.5. The fourth-order valence-corrected chi connectivity index (χ4v) is 2.71. The van der Waals surface area contributed by atoms with Crippen molar-refractivity contribution >= 4 is 5.97 Å². The molecule has 23 heavy (non-hydrogen) atoms. The minimum absolute atomic E-state index is 0.220. The molecule has 0 radical (unpaired) electrons. The number of carbonyl (C=O) groups is 1. The zero-order valence-corrected chi connectivity index (χ0v) is 14.6. The molecule has 0 aromatic carbocycles. The summed E-state index contributed by atoms with van der Waals surface area (Å²) in [6, 6.07) is 0. The van der Waals surface area contributed by atoms with E-state index in [0.29, 0.717) is 19.3 Å². The van der Waals surface area contributed by atoms with Crippen LogP contribution in [0.5, 0.6) is 0 Å². The number of carboxylic acids is 1. The van der Waals surface area contributed by atoms with Gasteiger partial charge in [0, 0.05) is 12.8 Å². The molecule has 0 unspecified atom stereocenters. The number of hydrogen-bond donors (Lipinski definition) is 4. The molecule has 0 spiro atoms. The lowest BCUT2D eigenvalue weighted by Gasteiger charge is -2.20. The minimum atomic E-state index is -0.858. The molecule has 0 rings (SSSR count). The van der Waals surface area contributed by atoms with Crippen LogP contribution in [0.2, 0.25) is 0 Å². The van der Waals surface area contributed by atoms with Crippen LogP contribution in [0.4, 0.5) is 0 Å². The van der Waals surface area contributed by atoms with E-state index in [1.165, 1.54) is 6.42 Å². The monoisotopic (exact) mass is 332 g/mol. The Hall–Kier alpha value is -0.650. The summed E-state index contributed by atoms with van der Waals surface area (Å²) in [7, 11) is 0. The van der Waals surface area contributed by atoms with Crippen LogP contribution in [0.1, 0.15) is 90.4 Å². The topological polar surface area (TPSA) is 98.0 Å². The largest absolute Gasteiger partial charge is 0.481 e. The first-order chi connectivity index (χ1) is 11.0. The van der Waals surface area contributed by atoms with Crippen molar-refractivity contribution in [2.75, 3.05) is 0 Å². The molecule has 3 atom stereocenters. The maximum absolute atomic E-state index is 10.4. The van der Waals surface area contributed by atoms with E-state index in [0.717, 1.165) is 44.9 Å². The third-order valence-electron chi connectivity index (χ3n) is 4.24. The molecule has 0 bridgehead atoms. The summed E-state index contributed by atoms with van der Waals surface area (Å²) in [5, 5.41) is 38.2. The molecule has 0 aromatic rings. The van der Waals surface area contributed by atoms with Gasteiger partial charge in [0.05, 0.1) is 18.3 Å². The third kappa shape index (κ3) is 14.7. The number of aliphatic carboxylic acids is 1. The lowest BCUT2D eigenvalue weighted by atomic mass is 9.98. The molecule has 0 amide bonds. The van der Waals surface area contributed by atoms with E-state index in [4.69, 9.17) is 5.11 Å². The van der Waals surface area contributed by atoms with E-state index in [-0.39, 0.29) is 12.8 Å². The van der Waals surface area contributed by atoms with E-state index in [1.807, 2.05) is 0 Å². The smallest absolute Gasteiger partial charge is 0.303 e. The number of aliphatic hydroxyl groups is 3. The van der Waals surface area contributed by atoms with Crippen LogP contribution in [0.25, 0.3) is 0 Å². The second-order valence-electron chi connectivity index (χ2n) is 6.57. The molecule has 0 heterocycles. The molecule has 5 nitrogen and oxygen atoms in total. The third-order valence-corrected chi connectivity index (χ3v) is 4.24. The highest BCUT2D eigenvalue weighted by atomic mass is 16.4. The first-order valence-electron chi connectivity index (χ1n) is 9.23. The minimum Gasteiger partial charge on any atom is -0.481 e. The predicted molar refractivity (Wildman–Crippen MR) is 91.4 cm³/mol. The van der Waals surface area contributed by atoms with Gasteiger partial charge in [-0.25, -0.2) is 0 Å². The summed E-state index contributed by atoms with van der Waals surface area (Å²) in [5.41, 5.74) is 0. The first kappa shape index (κ1) is 22.4. The molecule has 0 aliphatic heterocycles. The Morgan fingerprint density at radius 2 is 1.35 bits per heavy atom. The van der Waals surface area contributed by atoms with Crippen LogP contribution < -0.4 is 0 Å². The fraction of sp³-hybridized carbons (Fsp3) is 0.944. The van der Waals surface area contributed by atoms with Crippen molar-refractivity contribution < 1.29 is 25.2 Å². The zero-order valence-electron chi connectivity index (χ0n) is 14.6. The van der Waals surface area contributed by atoms with Gasteiger partial charge < -0.3 is 20.4 Å². The van der Waals surface area contributed by atoms with Gasteiger partial charge in [-0.3, -0.25) is 4.79 Å². The summed E-state index contributed by atoms with van der Waals surface area (Å²) in [6.45, 7) is 2.14. The lowest BCUT2D eigenvalue weighted by Crippen LogP contribution is -2.30. The molecule has 4 N–H and O–H groups in total. The molecular formula is C18H36O5. The van der Waals surface area contributed by atoms with Crippen molar-refractivity contribution in [3.05, 3.63) is 0 Å². The number of unbranched alkanes of at least 4 members (excludes halogenated alkanes) is 7. The van der Waals surface area contributed by atoms with Gasteiger partial charge in [-0.05, 0) is 19.3 Å². The van der Waals surface area contributed by atoms with E-state index in [2.05, 4.69) is 6.92 Å². The second-order valence-corrected chi connectivity index (χ2v) is 6.57. The summed E-state index contributed by atoms with van der Waals surface area (Å²) in [6.07, 6.45) is 8.21. The summed E-state index contributed by atoms with van der Waals surface area (Å²) in [5.74, 6) is -0.753. The summed E-state index contributed by atoms with van der Waals surface area (Å²) >= 11 is 0. The summed E-state index contributed by atoms with van der Waals surface area (Å²) < 4.78 is 0. The van der Waals surface area contributed by atoms with Crippen molar-refractivity contribution in [3.8, 4) is 0 Å². The Morgan fingerprint density at radius 3 is 2.00 bits per heavy atom. The highest BCUT2D eigenvalue weighted by Crippen LogP contribution is 2.15. The number of hydrogen-bond acceptors (Lipinski definition) is 4. The molecule has 0 aliphatic carbocycles. The van der Waals surface area contributed by atoms with Crippen molar-refractivity contribution in [1.29, 1.82) is 0 Å². The SMILES string of the molecule is CCCCCC[C@H](O)C[C@@H](O)[C@H](O)CCCCCCCC(=O)O. The van der Waals surface area contributed by atoms with Gasteiger partial charge in [-0.1, -0.05) is 58.3 Å². The lowest BCUT2D eigenvalue weighted by molar-refractivity contribution is -0.137. The predicted octanol–water partition coefficient (Wildman–Crippen LogP) is 3.24. The quantitative estimate of drug-likeness (QED) is 0.325. The maximum Gasteiger partial charge on any atom is 0.303 e. The Morgan fingerprint density at radius 1 is 0.783 bits per heavy atom. The van der Waals surface area contributed by atoms with Gasteiger partial charge in [-0.15, -0.1) is 0 Å². The van der Waals surface area contributed by atoms with Crippen LogP contribution in [0, 0.1) is 0 Å². The van der Waals surface area contributed by atoms with Crippen molar-refractivity contribution in [1.82, 2.24) is 0 Å². The van der Waals surface area contributed by atoms with E-state index in [9.17, 15) is 20.1 Å². The highest BCUT2D eigenvalue weighted by molar-refractivity contribution is 5.66. The van der Waals surface area contributed by atoms with Crippen LogP contribution in [-0.4, -0.2) is 44.7 Å². The highest BCUT2D eigenvalue weighted by Gasteiger charge is 2.19. The van der Waals surface area contributed by atoms with E-state index >= 15 is 0 Å². The van der Waals surface area contributed by atoms with Gasteiger partial charge in [0.2, 0.25) is 0 Å². The Balaban J connectivity index is 3.57. The van der Waals surface area contributed by atoms with Gasteiger partial charge in [0.15, 0.2) is 0 Å². The van der Waals surface area contributed by atoms with Crippen LogP contribution in [-0.2, 0) is 4.79 Å². The number of aliphatic hydroxyl groups excluding tert-OH is 3. The Labute approximate surface area is 140 Å². The van der Waals surface area contributed by atoms with Crippen LogP contribution in [0.15, 0.2) is 0 Å². The van der Waals surface area contributed by atoms with Gasteiger partial charge in [0.25, 0.3) is 0 Å². The van der Waals surface area contributed by atoms with E-state index in [1.54, 1.807) is 0 Å². The number of rotatable bonds is 16.